The third-order valence-corrected chi connectivity index (χ3v) is 4.60. The molecule has 1 N–H and O–H groups in total. The number of rotatable bonds is 6. The van der Waals surface area contributed by atoms with E-state index in [0.29, 0.717) is 13.0 Å². The van der Waals surface area contributed by atoms with Crippen molar-refractivity contribution in [3.8, 4) is 5.75 Å². The minimum absolute atomic E-state index is 0.205. The first-order valence-electron chi connectivity index (χ1n) is 7.48. The van der Waals surface area contributed by atoms with Crippen LogP contribution in [0.3, 0.4) is 0 Å². The van der Waals surface area contributed by atoms with E-state index in [1.807, 2.05) is 42.5 Å². The molecule has 1 aliphatic rings. The van der Waals surface area contributed by atoms with Crippen LogP contribution in [0.4, 0.5) is 4.79 Å². The summed E-state index contributed by atoms with van der Waals surface area (Å²) in [5.74, 6) is 0.604. The van der Waals surface area contributed by atoms with Crippen LogP contribution < -0.4 is 10.1 Å². The number of carbonyl (C=O) groups is 2. The lowest BCUT2D eigenvalue weighted by Crippen LogP contribution is -2.25. The Morgan fingerprint density at radius 2 is 1.70 bits per heavy atom. The molecule has 0 spiro atoms. The van der Waals surface area contributed by atoms with Crippen LogP contribution in [0.1, 0.15) is 11.1 Å². The van der Waals surface area contributed by atoms with Gasteiger partial charge < -0.3 is 4.74 Å². The molecule has 23 heavy (non-hydrogen) atoms. The molecule has 118 valence electrons. The third-order valence-electron chi connectivity index (χ3n) is 3.61. The SMILES string of the molecule is O=C1NC(=O)C(Cc2ccc(OCCc3ccccc3)cc2)S1. The molecule has 0 saturated carbocycles. The minimum atomic E-state index is -0.327. The molecule has 4 nitrogen and oxygen atoms in total. The summed E-state index contributed by atoms with van der Waals surface area (Å²) in [5.41, 5.74) is 2.26. The molecule has 0 bridgehead atoms. The molecule has 0 radical (unpaired) electrons. The molecule has 0 aromatic heterocycles. The highest BCUT2D eigenvalue weighted by Crippen LogP contribution is 2.23. The Hall–Kier alpha value is -2.27. The Labute approximate surface area is 139 Å². The van der Waals surface area contributed by atoms with Gasteiger partial charge in [-0.1, -0.05) is 54.2 Å². The first-order valence-corrected chi connectivity index (χ1v) is 8.36. The standard InChI is InChI=1S/C18H17NO3S/c20-17-16(23-18(21)19-17)12-14-6-8-15(9-7-14)22-11-10-13-4-2-1-3-5-13/h1-9,16H,10-12H2,(H,19,20,21). The summed E-state index contributed by atoms with van der Waals surface area (Å²) in [7, 11) is 0. The molecular formula is C18H17NO3S. The van der Waals surface area contributed by atoms with Gasteiger partial charge in [0, 0.05) is 6.42 Å². The fraction of sp³-hybridized carbons (Fsp3) is 0.222. The van der Waals surface area contributed by atoms with Gasteiger partial charge in [0.15, 0.2) is 0 Å². The van der Waals surface area contributed by atoms with Crippen LogP contribution in [0.2, 0.25) is 0 Å². The van der Waals surface area contributed by atoms with E-state index >= 15 is 0 Å². The van der Waals surface area contributed by atoms with E-state index in [0.717, 1.165) is 29.5 Å². The summed E-state index contributed by atoms with van der Waals surface area (Å²) in [6.07, 6.45) is 1.41. The lowest BCUT2D eigenvalue weighted by atomic mass is 10.1. The first-order chi connectivity index (χ1) is 11.2. The lowest BCUT2D eigenvalue weighted by molar-refractivity contribution is -0.118. The van der Waals surface area contributed by atoms with Gasteiger partial charge in [-0.3, -0.25) is 14.9 Å². The molecule has 1 unspecified atom stereocenters. The van der Waals surface area contributed by atoms with Gasteiger partial charge in [0.25, 0.3) is 5.24 Å². The number of hydrogen-bond donors (Lipinski definition) is 1. The van der Waals surface area contributed by atoms with Crippen LogP contribution in [0.15, 0.2) is 54.6 Å². The zero-order valence-electron chi connectivity index (χ0n) is 12.5. The van der Waals surface area contributed by atoms with E-state index in [2.05, 4.69) is 17.4 Å². The highest BCUT2D eigenvalue weighted by atomic mass is 32.2. The molecular weight excluding hydrogens is 310 g/mol. The first kappa shape index (κ1) is 15.6. The van der Waals surface area contributed by atoms with Crippen molar-refractivity contribution < 1.29 is 14.3 Å². The molecule has 1 saturated heterocycles. The predicted octanol–water partition coefficient (Wildman–Crippen LogP) is 3.20. The molecule has 3 rings (SSSR count). The van der Waals surface area contributed by atoms with Crippen LogP contribution in [0, 0.1) is 0 Å². The van der Waals surface area contributed by atoms with Crippen LogP contribution in [0.25, 0.3) is 0 Å². The molecule has 1 heterocycles. The van der Waals surface area contributed by atoms with Crippen molar-refractivity contribution in [1.82, 2.24) is 5.32 Å². The van der Waals surface area contributed by atoms with Gasteiger partial charge in [0.05, 0.1) is 11.9 Å². The van der Waals surface area contributed by atoms with E-state index in [9.17, 15) is 9.59 Å². The maximum Gasteiger partial charge on any atom is 0.286 e. The summed E-state index contributed by atoms with van der Waals surface area (Å²) in [6, 6.07) is 17.9. The number of imide groups is 1. The fourth-order valence-corrected chi connectivity index (χ4v) is 3.25. The van der Waals surface area contributed by atoms with Crippen LogP contribution in [0.5, 0.6) is 5.75 Å². The zero-order valence-corrected chi connectivity index (χ0v) is 13.3. The van der Waals surface area contributed by atoms with Crippen molar-refractivity contribution in [2.45, 2.75) is 18.1 Å². The summed E-state index contributed by atoms with van der Waals surface area (Å²) in [6.45, 7) is 0.624. The second-order valence-electron chi connectivity index (χ2n) is 5.32. The normalized spacial score (nSPS) is 17.1. The van der Waals surface area contributed by atoms with Crippen molar-refractivity contribution in [3.05, 3.63) is 65.7 Å². The Kier molecular flexibility index (Phi) is 4.98. The molecule has 0 aliphatic carbocycles. The van der Waals surface area contributed by atoms with Crippen molar-refractivity contribution in [1.29, 1.82) is 0 Å². The summed E-state index contributed by atoms with van der Waals surface area (Å²) >= 11 is 1.05. The molecule has 1 atom stereocenters. The lowest BCUT2D eigenvalue weighted by Gasteiger charge is -2.08. The Morgan fingerprint density at radius 1 is 0.957 bits per heavy atom. The molecule has 2 aromatic rings. The Balaban J connectivity index is 1.49. The van der Waals surface area contributed by atoms with E-state index in [4.69, 9.17) is 4.74 Å². The largest absolute Gasteiger partial charge is 0.493 e. The van der Waals surface area contributed by atoms with Gasteiger partial charge in [-0.25, -0.2) is 0 Å². The van der Waals surface area contributed by atoms with Crippen LogP contribution in [-0.4, -0.2) is 23.0 Å². The maximum absolute atomic E-state index is 11.6. The number of nitrogens with one attached hydrogen (secondary N) is 1. The highest BCUT2D eigenvalue weighted by molar-refractivity contribution is 8.15. The summed E-state index contributed by atoms with van der Waals surface area (Å²) < 4.78 is 5.73. The zero-order chi connectivity index (χ0) is 16.1. The summed E-state index contributed by atoms with van der Waals surface area (Å²) in [5, 5.41) is 1.71. The average Bonchev–Trinajstić information content (AvgIpc) is 2.88. The van der Waals surface area contributed by atoms with Gasteiger partial charge in [-0.2, -0.15) is 0 Å². The monoisotopic (exact) mass is 327 g/mol. The molecule has 5 heteroatoms. The van der Waals surface area contributed by atoms with E-state index in [1.165, 1.54) is 5.56 Å². The number of amides is 2. The molecule has 1 fully saturated rings. The van der Waals surface area contributed by atoms with E-state index < -0.39 is 0 Å². The molecule has 2 aromatic carbocycles. The van der Waals surface area contributed by atoms with Crippen LogP contribution >= 0.6 is 11.8 Å². The fourth-order valence-electron chi connectivity index (χ4n) is 2.39. The van der Waals surface area contributed by atoms with Crippen molar-refractivity contribution >= 4 is 22.9 Å². The Bertz CT molecular complexity index is 685. The Morgan fingerprint density at radius 3 is 2.35 bits per heavy atom. The van der Waals surface area contributed by atoms with Crippen molar-refractivity contribution in [3.63, 3.8) is 0 Å². The maximum atomic E-state index is 11.6. The topological polar surface area (TPSA) is 55.4 Å². The second kappa shape index (κ2) is 7.33. The highest BCUT2D eigenvalue weighted by Gasteiger charge is 2.31. The smallest absolute Gasteiger partial charge is 0.286 e. The van der Waals surface area contributed by atoms with E-state index in [1.54, 1.807) is 0 Å². The number of carbonyl (C=O) groups excluding carboxylic acids is 2. The predicted molar refractivity (Wildman–Crippen MR) is 90.7 cm³/mol. The van der Waals surface area contributed by atoms with Crippen molar-refractivity contribution in [2.75, 3.05) is 6.61 Å². The van der Waals surface area contributed by atoms with Crippen LogP contribution in [-0.2, 0) is 17.6 Å². The average molecular weight is 327 g/mol. The van der Waals surface area contributed by atoms with Gasteiger partial charge in [-0.05, 0) is 29.7 Å². The minimum Gasteiger partial charge on any atom is -0.493 e. The number of hydrogen-bond acceptors (Lipinski definition) is 4. The number of thioether (sulfide) groups is 1. The van der Waals surface area contributed by atoms with Crippen molar-refractivity contribution in [2.24, 2.45) is 0 Å². The van der Waals surface area contributed by atoms with Gasteiger partial charge in [0.1, 0.15) is 5.75 Å². The third kappa shape index (κ3) is 4.36. The van der Waals surface area contributed by atoms with Gasteiger partial charge >= 0.3 is 0 Å². The number of ether oxygens (including phenoxy) is 1. The summed E-state index contributed by atoms with van der Waals surface area (Å²) in [4.78, 5) is 22.7. The van der Waals surface area contributed by atoms with Gasteiger partial charge in [-0.15, -0.1) is 0 Å². The quantitative estimate of drug-likeness (QED) is 0.885. The van der Waals surface area contributed by atoms with E-state index in [-0.39, 0.29) is 16.4 Å². The van der Waals surface area contributed by atoms with Gasteiger partial charge in [0.2, 0.25) is 5.91 Å². The molecule has 1 aliphatic heterocycles. The molecule has 2 amide bonds. The second-order valence-corrected chi connectivity index (χ2v) is 6.49. The number of benzene rings is 2.